The Morgan fingerprint density at radius 2 is 1.79 bits per heavy atom. The number of hydrogen-bond acceptors (Lipinski definition) is 6. The number of halogens is 1. The fourth-order valence-electron chi connectivity index (χ4n) is 3.66. The minimum atomic E-state index is -0.357. The zero-order valence-corrected chi connectivity index (χ0v) is 18.8. The molecule has 0 saturated carbocycles. The smallest absolute Gasteiger partial charge is 0.163 e. The number of nitrogens with zero attached hydrogens (tertiary/aromatic N) is 5. The van der Waals surface area contributed by atoms with Gasteiger partial charge < -0.3 is 9.26 Å². The molecule has 34 heavy (non-hydrogen) atoms. The molecular weight excluding hydrogens is 433 g/mol. The molecule has 2 aliphatic rings. The molecule has 0 spiro atoms. The van der Waals surface area contributed by atoms with Gasteiger partial charge in [0, 0.05) is 11.6 Å². The summed E-state index contributed by atoms with van der Waals surface area (Å²) < 4.78 is 27.1. The van der Waals surface area contributed by atoms with E-state index in [0.29, 0.717) is 35.1 Å². The first kappa shape index (κ1) is 21.8. The van der Waals surface area contributed by atoms with Crippen molar-refractivity contribution >= 4 is 0 Å². The molecule has 7 nitrogen and oxygen atoms in total. The Kier molecular flexibility index (Phi) is 6.29. The fourth-order valence-corrected chi connectivity index (χ4v) is 3.66. The summed E-state index contributed by atoms with van der Waals surface area (Å²) in [7, 11) is 0. The maximum atomic E-state index is 14.1. The third-order valence-corrected chi connectivity index (χ3v) is 5.47. The fraction of sp³-hybridized carbons (Fsp3) is 0.231. The first-order valence-electron chi connectivity index (χ1n) is 11.3. The molecule has 2 aliphatic heterocycles. The topological polar surface area (TPSA) is 78.9 Å². The first-order chi connectivity index (χ1) is 16.7. The van der Waals surface area contributed by atoms with Gasteiger partial charge in [0.15, 0.2) is 11.6 Å². The Labute approximate surface area is 196 Å². The van der Waals surface area contributed by atoms with Crippen molar-refractivity contribution in [2.24, 2.45) is 0 Å². The van der Waals surface area contributed by atoms with E-state index in [-0.39, 0.29) is 5.82 Å². The first-order valence-corrected chi connectivity index (χ1v) is 11.3. The average molecular weight is 458 g/mol. The van der Waals surface area contributed by atoms with Gasteiger partial charge in [0.2, 0.25) is 0 Å². The number of ether oxygens (including phenoxy) is 1. The van der Waals surface area contributed by atoms with Crippen LogP contribution in [0.15, 0.2) is 71.5 Å². The van der Waals surface area contributed by atoms with E-state index in [9.17, 15) is 4.39 Å². The van der Waals surface area contributed by atoms with Gasteiger partial charge in [-0.15, -0.1) is 0 Å². The molecule has 3 heterocycles. The average Bonchev–Trinajstić information content (AvgIpc) is 3.49. The maximum Gasteiger partial charge on any atom is 0.163 e. The Hall–Kier alpha value is -4.07. The second kappa shape index (κ2) is 9.82. The van der Waals surface area contributed by atoms with Crippen LogP contribution in [0.5, 0.6) is 5.75 Å². The van der Waals surface area contributed by atoms with Crippen LogP contribution in [0.1, 0.15) is 31.9 Å². The predicted octanol–water partition coefficient (Wildman–Crippen LogP) is 5.86. The van der Waals surface area contributed by atoms with E-state index in [0.717, 1.165) is 30.0 Å². The highest BCUT2D eigenvalue weighted by atomic mass is 19.1. The van der Waals surface area contributed by atoms with E-state index in [4.69, 9.17) is 9.26 Å². The summed E-state index contributed by atoms with van der Waals surface area (Å²) in [6.07, 6.45) is 6.78. The van der Waals surface area contributed by atoms with Gasteiger partial charge in [0.1, 0.15) is 35.2 Å². The van der Waals surface area contributed by atoms with Crippen LogP contribution in [0.25, 0.3) is 34.0 Å². The highest BCUT2D eigenvalue weighted by Gasteiger charge is 2.16. The van der Waals surface area contributed by atoms with Crippen molar-refractivity contribution < 1.29 is 13.7 Å². The highest BCUT2D eigenvalue weighted by molar-refractivity contribution is 5.65. The van der Waals surface area contributed by atoms with Crippen LogP contribution in [-0.4, -0.2) is 31.5 Å². The van der Waals surface area contributed by atoms with E-state index in [1.54, 1.807) is 35.3 Å². The van der Waals surface area contributed by atoms with E-state index in [1.165, 1.54) is 18.9 Å². The highest BCUT2D eigenvalue weighted by Crippen LogP contribution is 2.26. The lowest BCUT2D eigenvalue weighted by Gasteiger charge is -2.05. The summed E-state index contributed by atoms with van der Waals surface area (Å²) in [5, 5.41) is 8.57. The lowest BCUT2D eigenvalue weighted by Crippen LogP contribution is -2.04. The molecule has 0 atom stereocenters. The van der Waals surface area contributed by atoms with Gasteiger partial charge in [0.05, 0.1) is 24.6 Å². The molecule has 0 radical (unpaired) electrons. The standard InChI is InChI=1S/C26H24FN5O2/c1-2-3-6-13-33-19-11-9-18(10-12-19)23-14-20(34-31-23)16-32-17-25-24(15-28-32)29-26(30-25)21-7-4-5-8-22(21)27/h4-5,7-12,14-15,17H,2-3,6,13,16H2,1H3. The van der Waals surface area contributed by atoms with E-state index in [1.807, 2.05) is 30.3 Å². The molecular formula is C26H24FN5O2. The summed E-state index contributed by atoms with van der Waals surface area (Å²) in [4.78, 5) is 8.87. The number of fused-ring (bicyclic) bond motifs is 1. The maximum absolute atomic E-state index is 14.1. The second-order valence-electron chi connectivity index (χ2n) is 8.03. The van der Waals surface area contributed by atoms with Gasteiger partial charge in [0.25, 0.3) is 0 Å². The van der Waals surface area contributed by atoms with Crippen LogP contribution in [0.4, 0.5) is 4.39 Å². The Bertz CT molecular complexity index is 1350. The van der Waals surface area contributed by atoms with E-state index in [2.05, 4.69) is 27.1 Å². The van der Waals surface area contributed by atoms with Gasteiger partial charge in [-0.1, -0.05) is 37.1 Å². The summed E-state index contributed by atoms with van der Waals surface area (Å²) in [5.41, 5.74) is 3.28. The molecule has 3 aromatic rings. The SMILES string of the molecule is CCCCCOc1ccc(-c2cc(Cn3cc4nc(-c5ccccc5F)nc-4cn3)on2)cc1. The largest absolute Gasteiger partial charge is 0.494 e. The van der Waals surface area contributed by atoms with Crippen LogP contribution in [-0.2, 0) is 6.54 Å². The predicted molar refractivity (Wildman–Crippen MR) is 126 cm³/mol. The minimum Gasteiger partial charge on any atom is -0.494 e. The number of imidazole rings is 1. The van der Waals surface area contributed by atoms with Gasteiger partial charge in [-0.25, -0.2) is 14.4 Å². The third kappa shape index (κ3) is 4.80. The van der Waals surface area contributed by atoms with Gasteiger partial charge >= 0.3 is 0 Å². The number of aromatic nitrogens is 5. The quantitative estimate of drug-likeness (QED) is 0.258. The third-order valence-electron chi connectivity index (χ3n) is 5.47. The summed E-state index contributed by atoms with van der Waals surface area (Å²) in [6, 6.07) is 16.2. The molecule has 0 unspecified atom stereocenters. The molecule has 0 saturated heterocycles. The molecule has 172 valence electrons. The minimum absolute atomic E-state index is 0.340. The number of unbranched alkanes of at least 4 members (excludes halogenated alkanes) is 2. The molecule has 0 bridgehead atoms. The monoisotopic (exact) mass is 457 g/mol. The Morgan fingerprint density at radius 3 is 2.62 bits per heavy atom. The molecule has 5 rings (SSSR count). The van der Waals surface area contributed by atoms with Gasteiger partial charge in [-0.3, -0.25) is 4.68 Å². The normalized spacial score (nSPS) is 11.2. The van der Waals surface area contributed by atoms with Gasteiger partial charge in [-0.2, -0.15) is 5.10 Å². The summed E-state index contributed by atoms with van der Waals surface area (Å²) in [5.74, 6) is 1.49. The van der Waals surface area contributed by atoms with E-state index >= 15 is 0 Å². The summed E-state index contributed by atoms with van der Waals surface area (Å²) >= 11 is 0. The van der Waals surface area contributed by atoms with Crippen molar-refractivity contribution in [2.45, 2.75) is 32.7 Å². The molecule has 0 aliphatic carbocycles. The Morgan fingerprint density at radius 1 is 0.971 bits per heavy atom. The zero-order chi connectivity index (χ0) is 23.3. The zero-order valence-electron chi connectivity index (χ0n) is 18.8. The number of hydrogen-bond donors (Lipinski definition) is 0. The molecule has 2 aromatic carbocycles. The van der Waals surface area contributed by atoms with Crippen molar-refractivity contribution in [3.63, 3.8) is 0 Å². The van der Waals surface area contributed by atoms with Gasteiger partial charge in [-0.05, 0) is 42.8 Å². The van der Waals surface area contributed by atoms with E-state index < -0.39 is 0 Å². The van der Waals surface area contributed by atoms with Crippen LogP contribution in [0.3, 0.4) is 0 Å². The Balaban J connectivity index is 1.27. The van der Waals surface area contributed by atoms with Crippen molar-refractivity contribution in [3.05, 3.63) is 78.6 Å². The lowest BCUT2D eigenvalue weighted by molar-refractivity contribution is 0.306. The summed E-state index contributed by atoms with van der Waals surface area (Å²) in [6.45, 7) is 3.28. The lowest BCUT2D eigenvalue weighted by atomic mass is 10.1. The van der Waals surface area contributed by atoms with Crippen LogP contribution in [0, 0.1) is 5.82 Å². The molecule has 1 aromatic heterocycles. The van der Waals surface area contributed by atoms with Crippen LogP contribution < -0.4 is 4.74 Å². The molecule has 0 N–H and O–H groups in total. The van der Waals surface area contributed by atoms with Crippen molar-refractivity contribution in [1.82, 2.24) is 24.9 Å². The van der Waals surface area contributed by atoms with Crippen LogP contribution in [0.2, 0.25) is 0 Å². The van der Waals surface area contributed by atoms with Crippen LogP contribution >= 0.6 is 0 Å². The second-order valence-corrected chi connectivity index (χ2v) is 8.03. The van der Waals surface area contributed by atoms with Crippen molar-refractivity contribution in [3.8, 4) is 39.8 Å². The molecule has 8 heteroatoms. The number of rotatable bonds is 9. The van der Waals surface area contributed by atoms with Crippen molar-refractivity contribution in [2.75, 3.05) is 6.61 Å². The number of benzene rings is 2. The van der Waals surface area contributed by atoms with Crippen molar-refractivity contribution in [1.29, 1.82) is 0 Å². The molecule has 0 fully saturated rings. The molecule has 0 amide bonds.